The second-order valence-electron chi connectivity index (χ2n) is 5.11. The SMILES string of the molecule is C/C(=C/C(C)C1CCC1)C1CCCN1. The Morgan fingerprint density at radius 1 is 1.29 bits per heavy atom. The zero-order valence-corrected chi connectivity index (χ0v) is 9.55. The summed E-state index contributed by atoms with van der Waals surface area (Å²) in [7, 11) is 0. The Balaban J connectivity index is 1.87. The van der Waals surface area contributed by atoms with E-state index >= 15 is 0 Å². The first-order valence-electron chi connectivity index (χ1n) is 6.19. The molecule has 0 aromatic carbocycles. The zero-order valence-electron chi connectivity index (χ0n) is 9.55. The molecule has 2 aliphatic rings. The van der Waals surface area contributed by atoms with Gasteiger partial charge in [0.25, 0.3) is 0 Å². The molecule has 1 aliphatic heterocycles. The van der Waals surface area contributed by atoms with Gasteiger partial charge in [0, 0.05) is 6.04 Å². The lowest BCUT2D eigenvalue weighted by atomic mass is 9.76. The van der Waals surface area contributed by atoms with Crippen LogP contribution < -0.4 is 5.32 Å². The van der Waals surface area contributed by atoms with Crippen molar-refractivity contribution in [1.29, 1.82) is 0 Å². The third kappa shape index (κ3) is 2.20. The molecule has 1 N–H and O–H groups in total. The van der Waals surface area contributed by atoms with Crippen LogP contribution >= 0.6 is 0 Å². The normalized spacial score (nSPS) is 31.6. The quantitative estimate of drug-likeness (QED) is 0.679. The maximum absolute atomic E-state index is 3.57. The molecular weight excluding hydrogens is 170 g/mol. The Labute approximate surface area is 88.0 Å². The van der Waals surface area contributed by atoms with Crippen LogP contribution in [0.25, 0.3) is 0 Å². The van der Waals surface area contributed by atoms with Crippen molar-refractivity contribution in [2.24, 2.45) is 11.8 Å². The van der Waals surface area contributed by atoms with Gasteiger partial charge in [-0.15, -0.1) is 0 Å². The van der Waals surface area contributed by atoms with Gasteiger partial charge in [0.05, 0.1) is 0 Å². The molecule has 80 valence electrons. The zero-order chi connectivity index (χ0) is 9.97. The molecule has 2 fully saturated rings. The third-order valence-corrected chi connectivity index (χ3v) is 4.03. The van der Waals surface area contributed by atoms with E-state index in [4.69, 9.17) is 0 Å². The molecule has 1 saturated heterocycles. The highest BCUT2D eigenvalue weighted by atomic mass is 14.9. The standard InChI is InChI=1S/C13H23N/c1-10(12-5-3-6-12)9-11(2)13-7-4-8-14-13/h9-10,12-14H,3-8H2,1-2H3/b11-9-. The summed E-state index contributed by atoms with van der Waals surface area (Å²) in [6.07, 6.45) is 9.61. The van der Waals surface area contributed by atoms with Crippen LogP contribution in [0, 0.1) is 11.8 Å². The summed E-state index contributed by atoms with van der Waals surface area (Å²) < 4.78 is 0. The summed E-state index contributed by atoms with van der Waals surface area (Å²) >= 11 is 0. The molecule has 0 spiro atoms. The van der Waals surface area contributed by atoms with Crippen LogP contribution in [-0.4, -0.2) is 12.6 Å². The maximum atomic E-state index is 3.57. The number of allylic oxidation sites excluding steroid dienone is 1. The van der Waals surface area contributed by atoms with Crippen LogP contribution in [0.1, 0.15) is 46.0 Å². The highest BCUT2D eigenvalue weighted by Gasteiger charge is 2.23. The number of hydrogen-bond donors (Lipinski definition) is 1. The van der Waals surface area contributed by atoms with Crippen molar-refractivity contribution in [2.45, 2.75) is 52.0 Å². The molecule has 14 heavy (non-hydrogen) atoms. The molecule has 0 bridgehead atoms. The maximum Gasteiger partial charge on any atom is 0.0277 e. The van der Waals surface area contributed by atoms with Gasteiger partial charge >= 0.3 is 0 Å². The molecular formula is C13H23N. The Morgan fingerprint density at radius 2 is 2.07 bits per heavy atom. The molecule has 1 saturated carbocycles. The number of nitrogens with one attached hydrogen (secondary N) is 1. The minimum absolute atomic E-state index is 0.692. The van der Waals surface area contributed by atoms with Crippen LogP contribution in [0.3, 0.4) is 0 Å². The van der Waals surface area contributed by atoms with Gasteiger partial charge in [0.2, 0.25) is 0 Å². The highest BCUT2D eigenvalue weighted by Crippen LogP contribution is 2.34. The van der Waals surface area contributed by atoms with Gasteiger partial charge in [0.1, 0.15) is 0 Å². The summed E-state index contributed by atoms with van der Waals surface area (Å²) in [6, 6.07) is 0.692. The number of rotatable bonds is 3. The molecule has 0 radical (unpaired) electrons. The van der Waals surface area contributed by atoms with E-state index in [2.05, 4.69) is 25.2 Å². The molecule has 1 heteroatoms. The second kappa shape index (κ2) is 4.48. The monoisotopic (exact) mass is 193 g/mol. The Hall–Kier alpha value is -0.300. The first-order valence-corrected chi connectivity index (χ1v) is 6.19. The summed E-state index contributed by atoms with van der Waals surface area (Å²) in [5.74, 6) is 1.80. The van der Waals surface area contributed by atoms with E-state index in [9.17, 15) is 0 Å². The van der Waals surface area contributed by atoms with E-state index in [0.29, 0.717) is 6.04 Å². The first-order chi connectivity index (χ1) is 6.77. The van der Waals surface area contributed by atoms with Gasteiger partial charge in [-0.1, -0.05) is 25.0 Å². The fourth-order valence-corrected chi connectivity index (χ4v) is 2.71. The largest absolute Gasteiger partial charge is 0.310 e. The lowest BCUT2D eigenvalue weighted by molar-refractivity contribution is 0.254. The van der Waals surface area contributed by atoms with Crippen molar-refractivity contribution < 1.29 is 0 Å². The van der Waals surface area contributed by atoms with Crippen molar-refractivity contribution in [3.63, 3.8) is 0 Å². The fourth-order valence-electron chi connectivity index (χ4n) is 2.71. The highest BCUT2D eigenvalue weighted by molar-refractivity contribution is 5.11. The molecule has 0 aromatic heterocycles. The predicted molar refractivity (Wildman–Crippen MR) is 61.3 cm³/mol. The van der Waals surface area contributed by atoms with Crippen LogP contribution in [0.15, 0.2) is 11.6 Å². The molecule has 1 heterocycles. The van der Waals surface area contributed by atoms with Gasteiger partial charge in [0.15, 0.2) is 0 Å². The molecule has 2 rings (SSSR count). The van der Waals surface area contributed by atoms with Gasteiger partial charge in [-0.3, -0.25) is 0 Å². The van der Waals surface area contributed by atoms with Crippen molar-refractivity contribution in [3.05, 3.63) is 11.6 Å². The van der Waals surface area contributed by atoms with Crippen LogP contribution in [-0.2, 0) is 0 Å². The molecule has 0 aromatic rings. The average Bonchev–Trinajstić information content (AvgIpc) is 2.51. The third-order valence-electron chi connectivity index (χ3n) is 4.03. The Bertz CT molecular complexity index is 209. The van der Waals surface area contributed by atoms with E-state index in [-0.39, 0.29) is 0 Å². The molecule has 2 atom stereocenters. The van der Waals surface area contributed by atoms with Gasteiger partial charge in [-0.2, -0.15) is 0 Å². The van der Waals surface area contributed by atoms with Crippen molar-refractivity contribution in [2.75, 3.05) is 6.54 Å². The summed E-state index contributed by atoms with van der Waals surface area (Å²) in [4.78, 5) is 0. The van der Waals surface area contributed by atoms with Crippen LogP contribution in [0.4, 0.5) is 0 Å². The smallest absolute Gasteiger partial charge is 0.0277 e. The number of hydrogen-bond acceptors (Lipinski definition) is 1. The topological polar surface area (TPSA) is 12.0 Å². The Kier molecular flexibility index (Phi) is 3.27. The van der Waals surface area contributed by atoms with E-state index in [1.807, 2.05) is 0 Å². The molecule has 1 aliphatic carbocycles. The molecule has 0 amide bonds. The fraction of sp³-hybridized carbons (Fsp3) is 0.846. The Morgan fingerprint density at radius 3 is 2.57 bits per heavy atom. The minimum Gasteiger partial charge on any atom is -0.310 e. The van der Waals surface area contributed by atoms with Crippen molar-refractivity contribution in [1.82, 2.24) is 5.32 Å². The van der Waals surface area contributed by atoms with Gasteiger partial charge in [-0.25, -0.2) is 0 Å². The summed E-state index contributed by atoms with van der Waals surface area (Å²) in [5.41, 5.74) is 1.59. The summed E-state index contributed by atoms with van der Waals surface area (Å²) in [5, 5.41) is 3.57. The van der Waals surface area contributed by atoms with Gasteiger partial charge < -0.3 is 5.32 Å². The predicted octanol–water partition coefficient (Wildman–Crippen LogP) is 3.12. The van der Waals surface area contributed by atoms with Crippen LogP contribution in [0.2, 0.25) is 0 Å². The lowest BCUT2D eigenvalue weighted by Gasteiger charge is -2.30. The van der Waals surface area contributed by atoms with E-state index in [1.54, 1.807) is 5.57 Å². The first kappa shape index (κ1) is 10.2. The van der Waals surface area contributed by atoms with E-state index in [1.165, 1.54) is 38.6 Å². The van der Waals surface area contributed by atoms with Crippen LogP contribution in [0.5, 0.6) is 0 Å². The van der Waals surface area contributed by atoms with E-state index < -0.39 is 0 Å². The van der Waals surface area contributed by atoms with Gasteiger partial charge in [-0.05, 0) is 51.0 Å². The van der Waals surface area contributed by atoms with E-state index in [0.717, 1.165) is 11.8 Å². The second-order valence-corrected chi connectivity index (χ2v) is 5.11. The van der Waals surface area contributed by atoms with Crippen molar-refractivity contribution >= 4 is 0 Å². The summed E-state index contributed by atoms with van der Waals surface area (Å²) in [6.45, 7) is 5.91. The van der Waals surface area contributed by atoms with Crippen molar-refractivity contribution in [3.8, 4) is 0 Å². The molecule has 2 unspecified atom stereocenters. The average molecular weight is 193 g/mol. The lowest BCUT2D eigenvalue weighted by Crippen LogP contribution is -2.24. The molecule has 1 nitrogen and oxygen atoms in total. The minimum atomic E-state index is 0.692.